The van der Waals surface area contributed by atoms with Crippen molar-refractivity contribution in [3.8, 4) is 17.2 Å². The van der Waals surface area contributed by atoms with Crippen LogP contribution in [0.2, 0.25) is 0 Å². The first-order valence-electron chi connectivity index (χ1n) is 7.75. The fourth-order valence-corrected chi connectivity index (χ4v) is 2.22. The molecule has 1 heterocycles. The van der Waals surface area contributed by atoms with Crippen molar-refractivity contribution in [3.63, 3.8) is 0 Å². The molecule has 1 amide bonds. The van der Waals surface area contributed by atoms with E-state index in [4.69, 9.17) is 9.15 Å². The van der Waals surface area contributed by atoms with Gasteiger partial charge in [-0.25, -0.2) is 4.39 Å². The molecular formula is C18H16FN3O3. The molecule has 0 fully saturated rings. The maximum atomic E-state index is 12.9. The molecular weight excluding hydrogens is 325 g/mol. The maximum Gasteiger partial charge on any atom is 0.265 e. The van der Waals surface area contributed by atoms with E-state index in [1.54, 1.807) is 24.3 Å². The van der Waals surface area contributed by atoms with Gasteiger partial charge < -0.3 is 14.5 Å². The number of nitrogens with one attached hydrogen (secondary N) is 1. The molecule has 1 unspecified atom stereocenters. The number of benzene rings is 2. The molecule has 1 aromatic heterocycles. The predicted molar refractivity (Wildman–Crippen MR) is 89.5 cm³/mol. The summed E-state index contributed by atoms with van der Waals surface area (Å²) in [6, 6.07) is 12.6. The summed E-state index contributed by atoms with van der Waals surface area (Å²) in [4.78, 5) is 12.3. The number of aromatic nitrogens is 2. The Morgan fingerprint density at radius 1 is 1.20 bits per heavy atom. The van der Waals surface area contributed by atoms with Gasteiger partial charge >= 0.3 is 0 Å². The molecule has 3 rings (SSSR count). The number of nitrogens with zero attached hydrogens (tertiary/aromatic N) is 2. The van der Waals surface area contributed by atoms with Gasteiger partial charge in [0.05, 0.1) is 0 Å². The van der Waals surface area contributed by atoms with Crippen LogP contribution in [-0.2, 0) is 4.79 Å². The van der Waals surface area contributed by atoms with Crippen LogP contribution in [-0.4, -0.2) is 22.2 Å². The average molecular weight is 341 g/mol. The van der Waals surface area contributed by atoms with Crippen molar-refractivity contribution >= 4 is 11.6 Å². The van der Waals surface area contributed by atoms with Crippen LogP contribution in [0.1, 0.15) is 13.3 Å². The number of anilines is 1. The monoisotopic (exact) mass is 341 g/mol. The van der Waals surface area contributed by atoms with Gasteiger partial charge in [-0.3, -0.25) is 4.79 Å². The fraction of sp³-hybridized carbons (Fsp3) is 0.167. The first kappa shape index (κ1) is 16.6. The highest BCUT2D eigenvalue weighted by atomic mass is 19.1. The van der Waals surface area contributed by atoms with E-state index in [-0.39, 0.29) is 11.7 Å². The lowest BCUT2D eigenvalue weighted by Crippen LogP contribution is -2.32. The van der Waals surface area contributed by atoms with Crippen molar-refractivity contribution in [2.45, 2.75) is 19.4 Å². The van der Waals surface area contributed by atoms with Gasteiger partial charge in [-0.2, -0.15) is 0 Å². The summed E-state index contributed by atoms with van der Waals surface area (Å²) in [7, 11) is 0. The number of rotatable bonds is 6. The molecule has 25 heavy (non-hydrogen) atoms. The third-order valence-corrected chi connectivity index (χ3v) is 3.51. The predicted octanol–water partition coefficient (Wildman–Crippen LogP) is 3.67. The molecule has 7 heteroatoms. The summed E-state index contributed by atoms with van der Waals surface area (Å²) in [5.41, 5.74) is 1.27. The molecule has 0 radical (unpaired) electrons. The van der Waals surface area contributed by atoms with Gasteiger partial charge in [0, 0.05) is 11.3 Å². The molecule has 0 spiro atoms. The quantitative estimate of drug-likeness (QED) is 0.740. The molecule has 0 saturated carbocycles. The van der Waals surface area contributed by atoms with Crippen LogP contribution in [0.3, 0.4) is 0 Å². The topological polar surface area (TPSA) is 77.2 Å². The Kier molecular flexibility index (Phi) is 5.03. The standard InChI is InChI=1S/C18H16FN3O3/c1-2-16(17(23)21-14-7-5-13(19)6-8-14)25-15-9-3-12(4-10-15)18-22-20-11-24-18/h3-11,16H,2H2,1H3,(H,21,23). The van der Waals surface area contributed by atoms with Crippen molar-refractivity contribution in [1.82, 2.24) is 10.2 Å². The lowest BCUT2D eigenvalue weighted by atomic mass is 10.2. The second-order valence-electron chi connectivity index (χ2n) is 5.28. The Balaban J connectivity index is 1.64. The van der Waals surface area contributed by atoms with Crippen LogP contribution >= 0.6 is 0 Å². The Bertz CT molecular complexity index is 818. The van der Waals surface area contributed by atoms with Crippen LogP contribution in [0.25, 0.3) is 11.5 Å². The maximum absolute atomic E-state index is 12.9. The van der Waals surface area contributed by atoms with Crippen molar-refractivity contribution in [3.05, 3.63) is 60.7 Å². The van der Waals surface area contributed by atoms with Gasteiger partial charge in [-0.05, 0) is 55.0 Å². The molecule has 2 aromatic carbocycles. The van der Waals surface area contributed by atoms with Crippen LogP contribution in [0.4, 0.5) is 10.1 Å². The van der Waals surface area contributed by atoms with E-state index in [1.165, 1.54) is 30.7 Å². The molecule has 1 atom stereocenters. The van der Waals surface area contributed by atoms with Crippen LogP contribution < -0.4 is 10.1 Å². The van der Waals surface area contributed by atoms with E-state index < -0.39 is 6.10 Å². The van der Waals surface area contributed by atoms with Crippen LogP contribution in [0.5, 0.6) is 5.75 Å². The first-order chi connectivity index (χ1) is 12.2. The highest BCUT2D eigenvalue weighted by Gasteiger charge is 2.18. The number of hydrogen-bond acceptors (Lipinski definition) is 5. The summed E-state index contributed by atoms with van der Waals surface area (Å²) < 4.78 is 23.8. The van der Waals surface area contributed by atoms with Crippen molar-refractivity contribution in [1.29, 1.82) is 0 Å². The van der Waals surface area contributed by atoms with Crippen LogP contribution in [0.15, 0.2) is 59.3 Å². The highest BCUT2D eigenvalue weighted by molar-refractivity contribution is 5.94. The van der Waals surface area contributed by atoms with Crippen molar-refractivity contribution < 1.29 is 18.3 Å². The molecule has 0 aliphatic rings. The second kappa shape index (κ2) is 7.57. The molecule has 128 valence electrons. The SMILES string of the molecule is CCC(Oc1ccc(-c2nnco2)cc1)C(=O)Nc1ccc(F)cc1. The number of halogens is 1. The summed E-state index contributed by atoms with van der Waals surface area (Å²) in [6.45, 7) is 1.85. The molecule has 0 saturated heterocycles. The lowest BCUT2D eigenvalue weighted by Gasteiger charge is -2.17. The van der Waals surface area contributed by atoms with E-state index in [0.29, 0.717) is 23.7 Å². The number of ether oxygens (including phenoxy) is 1. The van der Waals surface area contributed by atoms with Gasteiger partial charge in [-0.15, -0.1) is 10.2 Å². The van der Waals surface area contributed by atoms with Gasteiger partial charge in [0.15, 0.2) is 6.10 Å². The third-order valence-electron chi connectivity index (χ3n) is 3.51. The van der Waals surface area contributed by atoms with Gasteiger partial charge in [-0.1, -0.05) is 6.92 Å². The summed E-state index contributed by atoms with van der Waals surface area (Å²) in [5, 5.41) is 10.2. The average Bonchev–Trinajstić information content (AvgIpc) is 3.16. The van der Waals surface area contributed by atoms with Crippen LogP contribution in [0, 0.1) is 5.82 Å². The third kappa shape index (κ3) is 4.20. The van der Waals surface area contributed by atoms with E-state index in [9.17, 15) is 9.18 Å². The Labute approximate surface area is 143 Å². The largest absolute Gasteiger partial charge is 0.481 e. The van der Waals surface area contributed by atoms with E-state index in [1.807, 2.05) is 6.92 Å². The lowest BCUT2D eigenvalue weighted by molar-refractivity contribution is -0.122. The highest BCUT2D eigenvalue weighted by Crippen LogP contribution is 2.21. The zero-order chi connectivity index (χ0) is 17.6. The normalized spacial score (nSPS) is 11.8. The van der Waals surface area contributed by atoms with E-state index in [0.717, 1.165) is 5.56 Å². The Morgan fingerprint density at radius 3 is 2.52 bits per heavy atom. The minimum absolute atomic E-state index is 0.296. The summed E-state index contributed by atoms with van der Waals surface area (Å²) >= 11 is 0. The number of carbonyl (C=O) groups excluding carboxylic acids is 1. The zero-order valence-electron chi connectivity index (χ0n) is 13.5. The fourth-order valence-electron chi connectivity index (χ4n) is 2.22. The minimum Gasteiger partial charge on any atom is -0.481 e. The minimum atomic E-state index is -0.667. The summed E-state index contributed by atoms with van der Waals surface area (Å²) in [6.07, 6.45) is 1.07. The second-order valence-corrected chi connectivity index (χ2v) is 5.28. The number of hydrogen-bond donors (Lipinski definition) is 1. The molecule has 0 bridgehead atoms. The van der Waals surface area contributed by atoms with E-state index in [2.05, 4.69) is 15.5 Å². The summed E-state index contributed by atoms with van der Waals surface area (Å²) in [5.74, 6) is 0.301. The smallest absolute Gasteiger partial charge is 0.265 e. The molecule has 0 aliphatic heterocycles. The zero-order valence-corrected chi connectivity index (χ0v) is 13.5. The molecule has 1 N–H and O–H groups in total. The van der Waals surface area contributed by atoms with Gasteiger partial charge in [0.1, 0.15) is 11.6 Å². The van der Waals surface area contributed by atoms with Crippen molar-refractivity contribution in [2.75, 3.05) is 5.32 Å². The molecule has 6 nitrogen and oxygen atoms in total. The van der Waals surface area contributed by atoms with Gasteiger partial charge in [0.2, 0.25) is 12.3 Å². The van der Waals surface area contributed by atoms with Crippen molar-refractivity contribution in [2.24, 2.45) is 0 Å². The number of amides is 1. The first-order valence-corrected chi connectivity index (χ1v) is 7.75. The molecule has 3 aromatic rings. The number of carbonyl (C=O) groups is 1. The van der Waals surface area contributed by atoms with Gasteiger partial charge in [0.25, 0.3) is 5.91 Å². The Hall–Kier alpha value is -3.22. The molecule has 0 aliphatic carbocycles. The van der Waals surface area contributed by atoms with E-state index >= 15 is 0 Å². The Morgan fingerprint density at radius 2 is 1.92 bits per heavy atom.